The van der Waals surface area contributed by atoms with E-state index in [2.05, 4.69) is 60.3 Å². The van der Waals surface area contributed by atoms with E-state index >= 15 is 0 Å². The Balaban J connectivity index is 1.27. The molecule has 65 heavy (non-hydrogen) atoms. The molecule has 2 saturated heterocycles. The zero-order valence-corrected chi connectivity index (χ0v) is 40.1. The fourth-order valence-electron chi connectivity index (χ4n) is 9.71. The van der Waals surface area contributed by atoms with Crippen molar-refractivity contribution in [2.24, 2.45) is 23.2 Å². The van der Waals surface area contributed by atoms with Crippen LogP contribution in [0.2, 0.25) is 0 Å². The fraction of sp³-hybridized carbons (Fsp3) is 0.562. The second kappa shape index (κ2) is 19.6. The first kappa shape index (κ1) is 47.6. The SMILES string of the molecule is CCn1c(-c2cccnc2[C@H](C)OC)c2c3cc(ccc31)-c1csc(n1)C[C@H](NC(=O)[C@H](C(C)C)N(C)C(=O)[C@@H]1CN(C(=O)OC)C[C@@H]1C)C(=O)N1CCC[C@H](N1)C(=O)OCC(C)(C)C2. The van der Waals surface area contributed by atoms with E-state index in [0.717, 1.165) is 44.7 Å². The van der Waals surface area contributed by atoms with E-state index in [9.17, 15) is 24.0 Å². The number of aromatic nitrogens is 3. The molecule has 2 fully saturated rings. The number of amides is 4. The first-order valence-electron chi connectivity index (χ1n) is 22.7. The number of pyridine rings is 1. The second-order valence-corrected chi connectivity index (χ2v) is 19.8. The molecule has 2 N–H and O–H groups in total. The largest absolute Gasteiger partial charge is 0.464 e. The molecule has 6 atom stereocenters. The number of methoxy groups -OCH3 is 2. The summed E-state index contributed by atoms with van der Waals surface area (Å²) in [4.78, 5) is 82.2. The van der Waals surface area contributed by atoms with Gasteiger partial charge in [-0.05, 0) is 74.8 Å². The zero-order valence-electron chi connectivity index (χ0n) is 39.3. The van der Waals surface area contributed by atoms with Gasteiger partial charge in [0.05, 0.1) is 47.8 Å². The Kier molecular flexibility index (Phi) is 14.3. The minimum atomic E-state index is -1.09. The fourth-order valence-corrected chi connectivity index (χ4v) is 10.6. The standard InChI is InChI=1S/C48H64N8O8S/c1-11-55-38-17-16-30-20-32(38)33(42(55)31-14-12-18-49-40(31)29(5)62-9)22-48(6,7)26-64-46(60)35-15-13-19-56(52-35)45(59)36(21-39-50-37(30)25-65-39)51-43(57)41(27(2)3)53(8)44(58)34-24-54(23-28(34)4)47(61)63-10/h12,14,16-18,20,25,27-29,34-36,41,52H,11,13,15,19,21-24,26H2,1-10H3,(H,51,57)/t28-,29-,34+,35-,36-,41-/m0/s1. The van der Waals surface area contributed by atoms with Crippen LogP contribution in [0.3, 0.4) is 0 Å². The lowest BCUT2D eigenvalue weighted by atomic mass is 9.84. The minimum Gasteiger partial charge on any atom is -0.464 e. The van der Waals surface area contributed by atoms with Crippen molar-refractivity contribution >= 4 is 52.0 Å². The summed E-state index contributed by atoms with van der Waals surface area (Å²) < 4.78 is 19.1. The molecule has 350 valence electrons. The Morgan fingerprint density at radius 2 is 1.89 bits per heavy atom. The molecule has 16 nitrogen and oxygen atoms in total. The van der Waals surface area contributed by atoms with Gasteiger partial charge < -0.3 is 33.9 Å². The van der Waals surface area contributed by atoms with Crippen LogP contribution in [-0.4, -0.2) is 125 Å². The number of thiazole rings is 1. The van der Waals surface area contributed by atoms with E-state index in [1.807, 2.05) is 39.1 Å². The number of likely N-dealkylation sites (N-methyl/N-ethyl adjacent to an activating group) is 1. The van der Waals surface area contributed by atoms with Crippen molar-refractivity contribution in [2.75, 3.05) is 47.5 Å². The highest BCUT2D eigenvalue weighted by Gasteiger charge is 2.43. The van der Waals surface area contributed by atoms with Crippen molar-refractivity contribution in [3.05, 3.63) is 58.2 Å². The lowest BCUT2D eigenvalue weighted by Gasteiger charge is -2.37. The molecule has 6 heterocycles. The molecule has 7 rings (SSSR count). The molecular weight excluding hydrogens is 849 g/mol. The van der Waals surface area contributed by atoms with E-state index in [4.69, 9.17) is 24.2 Å². The zero-order chi connectivity index (χ0) is 46.9. The van der Waals surface area contributed by atoms with Gasteiger partial charge in [-0.1, -0.05) is 40.7 Å². The highest BCUT2D eigenvalue weighted by atomic mass is 32.1. The number of likely N-dealkylation sites (tertiary alicyclic amines) is 1. The van der Waals surface area contributed by atoms with E-state index < -0.39 is 53.3 Å². The van der Waals surface area contributed by atoms with Gasteiger partial charge in [0, 0.05) is 85.8 Å². The van der Waals surface area contributed by atoms with Gasteiger partial charge in [0.25, 0.3) is 5.91 Å². The molecule has 3 aliphatic rings. The molecule has 4 amide bonds. The van der Waals surface area contributed by atoms with Gasteiger partial charge in [-0.15, -0.1) is 11.3 Å². The Hall–Kier alpha value is -5.39. The summed E-state index contributed by atoms with van der Waals surface area (Å²) in [7, 11) is 4.58. The lowest BCUT2D eigenvalue weighted by molar-refractivity contribution is -0.155. The molecule has 0 radical (unpaired) electrons. The van der Waals surface area contributed by atoms with Crippen molar-refractivity contribution in [1.82, 2.24) is 40.1 Å². The Morgan fingerprint density at radius 1 is 1.12 bits per heavy atom. The normalized spacial score (nSPS) is 22.3. The number of hydrogen-bond acceptors (Lipinski definition) is 12. The maximum absolute atomic E-state index is 14.6. The molecule has 17 heteroatoms. The molecule has 1 aromatic carbocycles. The number of nitrogens with one attached hydrogen (secondary N) is 2. The summed E-state index contributed by atoms with van der Waals surface area (Å²) in [6, 6.07) is 7.57. The first-order chi connectivity index (χ1) is 31.0. The molecule has 0 unspecified atom stereocenters. The van der Waals surface area contributed by atoms with E-state index in [1.165, 1.54) is 33.3 Å². The summed E-state index contributed by atoms with van der Waals surface area (Å²) in [5.74, 6) is -2.67. The van der Waals surface area contributed by atoms with Crippen molar-refractivity contribution < 1.29 is 38.2 Å². The highest BCUT2D eigenvalue weighted by molar-refractivity contribution is 7.10. The second-order valence-electron chi connectivity index (χ2n) is 18.9. The number of benzene rings is 1. The first-order valence-corrected chi connectivity index (χ1v) is 23.6. The smallest absolute Gasteiger partial charge is 0.409 e. The third-order valence-electron chi connectivity index (χ3n) is 13.2. The van der Waals surface area contributed by atoms with E-state index in [-0.39, 0.29) is 43.4 Å². The lowest BCUT2D eigenvalue weighted by Crippen LogP contribution is -2.62. The van der Waals surface area contributed by atoms with Crippen LogP contribution < -0.4 is 10.7 Å². The number of carbonyl (C=O) groups excluding carboxylic acids is 5. The number of hydrogen-bond donors (Lipinski definition) is 2. The predicted octanol–water partition coefficient (Wildman–Crippen LogP) is 6.02. The monoisotopic (exact) mass is 912 g/mol. The topological polar surface area (TPSA) is 178 Å². The average molecular weight is 913 g/mol. The summed E-state index contributed by atoms with van der Waals surface area (Å²) in [6.07, 6.45) is 2.66. The van der Waals surface area contributed by atoms with Crippen LogP contribution in [0, 0.1) is 23.2 Å². The summed E-state index contributed by atoms with van der Waals surface area (Å²) in [6.45, 7) is 15.6. The molecule has 0 saturated carbocycles. The van der Waals surface area contributed by atoms with Gasteiger partial charge in [0.15, 0.2) is 0 Å². The van der Waals surface area contributed by atoms with Crippen molar-refractivity contribution in [1.29, 1.82) is 0 Å². The Morgan fingerprint density at radius 3 is 2.60 bits per heavy atom. The highest BCUT2D eigenvalue weighted by Crippen LogP contribution is 2.42. The minimum absolute atomic E-state index is 0.0677. The van der Waals surface area contributed by atoms with Gasteiger partial charge in [-0.2, -0.15) is 0 Å². The summed E-state index contributed by atoms with van der Waals surface area (Å²) >= 11 is 1.40. The number of cyclic esters (lactones) is 1. The predicted molar refractivity (Wildman–Crippen MR) is 247 cm³/mol. The third kappa shape index (κ3) is 9.78. The number of carbonyl (C=O) groups is 5. The molecule has 0 aliphatic carbocycles. The molecule has 4 aromatic rings. The quantitative estimate of drug-likeness (QED) is 0.188. The van der Waals surface area contributed by atoms with Crippen LogP contribution in [0.25, 0.3) is 33.4 Å². The van der Waals surface area contributed by atoms with Gasteiger partial charge in [-0.25, -0.2) is 15.2 Å². The Labute approximate surface area is 385 Å². The average Bonchev–Trinajstić information content (AvgIpc) is 4.01. The van der Waals surface area contributed by atoms with E-state index in [1.54, 1.807) is 20.4 Å². The summed E-state index contributed by atoms with van der Waals surface area (Å²) in [5, 5.41) is 8.08. The Bertz CT molecular complexity index is 2430. The number of rotatable bonds is 9. The number of nitrogens with zero attached hydrogens (tertiary/aromatic N) is 6. The molecular formula is C48H64N8O8S. The van der Waals surface area contributed by atoms with Crippen LogP contribution in [0.1, 0.15) is 83.7 Å². The van der Waals surface area contributed by atoms with Crippen LogP contribution >= 0.6 is 11.3 Å². The number of hydrazine groups is 1. The molecule has 3 aromatic heterocycles. The van der Waals surface area contributed by atoms with E-state index in [0.29, 0.717) is 43.9 Å². The molecule has 3 aliphatic heterocycles. The number of esters is 1. The van der Waals surface area contributed by atoms with Gasteiger partial charge in [0.2, 0.25) is 11.8 Å². The van der Waals surface area contributed by atoms with Gasteiger partial charge in [0.1, 0.15) is 18.1 Å². The maximum Gasteiger partial charge on any atom is 0.409 e. The summed E-state index contributed by atoms with van der Waals surface area (Å²) in [5.41, 5.74) is 9.23. The number of ether oxygens (including phenoxy) is 3. The number of aryl methyl sites for hydroxylation is 1. The van der Waals surface area contributed by atoms with Crippen molar-refractivity contribution in [2.45, 2.75) is 105 Å². The molecule has 0 spiro atoms. The van der Waals surface area contributed by atoms with Crippen molar-refractivity contribution in [3.8, 4) is 22.5 Å². The van der Waals surface area contributed by atoms with Gasteiger partial charge in [-0.3, -0.25) is 29.2 Å². The van der Waals surface area contributed by atoms with Crippen LogP contribution in [0.4, 0.5) is 4.79 Å². The van der Waals surface area contributed by atoms with Gasteiger partial charge >= 0.3 is 12.1 Å². The number of fused-ring (bicyclic) bond motifs is 6. The van der Waals surface area contributed by atoms with Crippen LogP contribution in [0.15, 0.2) is 41.9 Å². The molecule has 6 bridgehead atoms. The van der Waals surface area contributed by atoms with Crippen LogP contribution in [-0.2, 0) is 52.8 Å². The van der Waals surface area contributed by atoms with Crippen molar-refractivity contribution in [3.63, 3.8) is 0 Å². The third-order valence-corrected chi connectivity index (χ3v) is 14.1. The van der Waals surface area contributed by atoms with Crippen LogP contribution in [0.5, 0.6) is 0 Å². The maximum atomic E-state index is 14.6.